The molecule has 4 nitrogen and oxygen atoms in total. The fourth-order valence-electron chi connectivity index (χ4n) is 2.62. The molecule has 1 aromatic heterocycles. The lowest BCUT2D eigenvalue weighted by molar-refractivity contribution is -0.143. The molecule has 0 amide bonds. The maximum absolute atomic E-state index is 11.7. The molecule has 1 atom stereocenters. The van der Waals surface area contributed by atoms with Gasteiger partial charge in [0.25, 0.3) is 0 Å². The third-order valence-electron chi connectivity index (χ3n) is 4.66. The highest BCUT2D eigenvalue weighted by molar-refractivity contribution is 9.10. The average molecular weight is 446 g/mol. The van der Waals surface area contributed by atoms with Gasteiger partial charge in [0, 0.05) is 9.85 Å². The van der Waals surface area contributed by atoms with Crippen molar-refractivity contribution in [1.29, 1.82) is 0 Å². The average Bonchev–Trinajstić information content (AvgIpc) is 3.17. The van der Waals surface area contributed by atoms with Crippen molar-refractivity contribution in [2.75, 3.05) is 0 Å². The van der Waals surface area contributed by atoms with Gasteiger partial charge in [-0.1, -0.05) is 53.2 Å². The molecule has 0 bridgehead atoms. The minimum atomic E-state index is -0.994. The molecule has 0 spiro atoms. The van der Waals surface area contributed by atoms with E-state index in [9.17, 15) is 9.90 Å². The first-order chi connectivity index (χ1) is 12.9. The van der Waals surface area contributed by atoms with Crippen molar-refractivity contribution in [2.45, 2.75) is 32.3 Å². The number of halogens is 1. The third kappa shape index (κ3) is 4.22. The summed E-state index contributed by atoms with van der Waals surface area (Å²) in [6, 6.07) is 15.7. The Balaban J connectivity index is 1.93. The number of nitrogens with zero attached hydrogens (tertiary/aromatic N) is 1. The zero-order chi connectivity index (χ0) is 19.4. The predicted molar refractivity (Wildman–Crippen MR) is 111 cm³/mol. The van der Waals surface area contributed by atoms with Crippen LogP contribution in [0.3, 0.4) is 0 Å². The number of rotatable bonds is 7. The van der Waals surface area contributed by atoms with Crippen molar-refractivity contribution in [2.24, 2.45) is 0 Å². The largest absolute Gasteiger partial charge is 0.488 e. The normalized spacial score (nSPS) is 13.1. The van der Waals surface area contributed by atoms with Gasteiger partial charge in [-0.05, 0) is 37.1 Å². The molecule has 1 unspecified atom stereocenters. The van der Waals surface area contributed by atoms with E-state index >= 15 is 0 Å². The van der Waals surface area contributed by atoms with Crippen LogP contribution in [0, 0.1) is 0 Å². The number of hydrogen-bond donors (Lipinski definition) is 1. The summed E-state index contributed by atoms with van der Waals surface area (Å²) < 4.78 is 6.95. The monoisotopic (exact) mass is 445 g/mol. The van der Waals surface area contributed by atoms with Gasteiger partial charge in [-0.25, -0.2) is 4.98 Å². The van der Waals surface area contributed by atoms with Gasteiger partial charge in [-0.2, -0.15) is 0 Å². The van der Waals surface area contributed by atoms with Crippen molar-refractivity contribution < 1.29 is 14.6 Å². The fourth-order valence-corrected chi connectivity index (χ4v) is 3.96. The molecule has 0 saturated heterocycles. The molecule has 0 fully saturated rings. The summed E-state index contributed by atoms with van der Waals surface area (Å²) in [7, 11) is 0. The van der Waals surface area contributed by atoms with E-state index < -0.39 is 11.4 Å². The summed E-state index contributed by atoms with van der Waals surface area (Å²) in [5, 5.41) is 12.2. The Kier molecular flexibility index (Phi) is 5.97. The number of thiazole rings is 1. The van der Waals surface area contributed by atoms with Crippen LogP contribution in [-0.2, 0) is 16.8 Å². The molecule has 2 aromatic carbocycles. The van der Waals surface area contributed by atoms with Gasteiger partial charge in [0.05, 0.1) is 11.3 Å². The Morgan fingerprint density at radius 2 is 2.00 bits per heavy atom. The van der Waals surface area contributed by atoms with Crippen molar-refractivity contribution >= 4 is 33.2 Å². The second kappa shape index (κ2) is 8.23. The molecule has 0 radical (unpaired) electrons. The molecule has 140 valence electrons. The van der Waals surface area contributed by atoms with Crippen molar-refractivity contribution in [3.8, 4) is 16.3 Å². The Morgan fingerprint density at radius 3 is 2.67 bits per heavy atom. The van der Waals surface area contributed by atoms with Gasteiger partial charge in [-0.3, -0.25) is 4.79 Å². The summed E-state index contributed by atoms with van der Waals surface area (Å²) in [5.41, 5.74) is 1.51. The van der Waals surface area contributed by atoms with E-state index in [2.05, 4.69) is 20.9 Å². The number of aliphatic carboxylic acids is 1. The van der Waals surface area contributed by atoms with Crippen molar-refractivity contribution in [1.82, 2.24) is 4.98 Å². The van der Waals surface area contributed by atoms with Gasteiger partial charge in [-0.15, -0.1) is 11.3 Å². The van der Waals surface area contributed by atoms with E-state index in [-0.39, 0.29) is 0 Å². The molecular formula is C21H20BrNO3S. The number of carboxylic acids is 1. The zero-order valence-electron chi connectivity index (χ0n) is 15.1. The lowest BCUT2D eigenvalue weighted by Gasteiger charge is -2.20. The van der Waals surface area contributed by atoms with Gasteiger partial charge in [0.2, 0.25) is 0 Å². The smallest absolute Gasteiger partial charge is 0.315 e. The number of hydrogen-bond acceptors (Lipinski definition) is 4. The zero-order valence-corrected chi connectivity index (χ0v) is 17.5. The molecule has 0 aliphatic heterocycles. The first kappa shape index (κ1) is 19.6. The van der Waals surface area contributed by atoms with Crippen LogP contribution in [0.4, 0.5) is 0 Å². The molecule has 1 N–H and O–H groups in total. The quantitative estimate of drug-likeness (QED) is 0.491. The molecule has 0 aliphatic carbocycles. The standard InChI is InChI=1S/C21H20BrNO3S/c1-3-21(2,20(24)25)18-13-27-19(23-18)16-11-15(22)9-10-17(16)26-12-14-7-5-4-6-8-14/h4-11,13H,3,12H2,1-2H3,(H,24,25). The maximum atomic E-state index is 11.7. The molecule has 3 rings (SSSR count). The molecule has 0 saturated carbocycles. The fraction of sp³-hybridized carbons (Fsp3) is 0.238. The van der Waals surface area contributed by atoms with E-state index in [1.807, 2.05) is 60.8 Å². The Bertz CT molecular complexity index is 942. The van der Waals surface area contributed by atoms with E-state index in [1.54, 1.807) is 6.92 Å². The van der Waals surface area contributed by atoms with E-state index in [4.69, 9.17) is 4.74 Å². The van der Waals surface area contributed by atoms with Crippen LogP contribution in [-0.4, -0.2) is 16.1 Å². The van der Waals surface area contributed by atoms with Gasteiger partial charge in [0.15, 0.2) is 0 Å². The summed E-state index contributed by atoms with van der Waals surface area (Å²) in [6.45, 7) is 4.03. The lowest BCUT2D eigenvalue weighted by Crippen LogP contribution is -2.31. The van der Waals surface area contributed by atoms with Crippen LogP contribution in [0.2, 0.25) is 0 Å². The highest BCUT2D eigenvalue weighted by Crippen LogP contribution is 2.38. The van der Waals surface area contributed by atoms with Crippen molar-refractivity contribution in [3.63, 3.8) is 0 Å². The summed E-state index contributed by atoms with van der Waals surface area (Å²) >= 11 is 4.93. The Labute approximate surface area is 171 Å². The Morgan fingerprint density at radius 1 is 1.26 bits per heavy atom. The van der Waals surface area contributed by atoms with Gasteiger partial charge < -0.3 is 9.84 Å². The van der Waals surface area contributed by atoms with E-state index in [0.717, 1.165) is 26.4 Å². The maximum Gasteiger partial charge on any atom is 0.315 e. The predicted octanol–water partition coefficient (Wildman–Crippen LogP) is 5.90. The van der Waals surface area contributed by atoms with Crippen LogP contribution in [0.25, 0.3) is 10.6 Å². The molecule has 0 aliphatic rings. The SMILES string of the molecule is CCC(C)(C(=O)O)c1csc(-c2cc(Br)ccc2OCc2ccccc2)n1. The Hall–Kier alpha value is -2.18. The summed E-state index contributed by atoms with van der Waals surface area (Å²) in [5.74, 6) is -0.145. The molecule has 6 heteroatoms. The number of carboxylic acid groups (broad SMARTS) is 1. The van der Waals surface area contributed by atoms with Crippen molar-refractivity contribution in [3.05, 3.63) is 69.6 Å². The number of aromatic nitrogens is 1. The second-order valence-electron chi connectivity index (χ2n) is 6.44. The number of carbonyl (C=O) groups is 1. The second-order valence-corrected chi connectivity index (χ2v) is 8.22. The molecule has 3 aromatic rings. The first-order valence-electron chi connectivity index (χ1n) is 8.60. The van der Waals surface area contributed by atoms with E-state index in [1.165, 1.54) is 11.3 Å². The first-order valence-corrected chi connectivity index (χ1v) is 10.3. The summed E-state index contributed by atoms with van der Waals surface area (Å²) in [4.78, 5) is 16.3. The van der Waals surface area contributed by atoms with Gasteiger partial charge in [0.1, 0.15) is 22.8 Å². The van der Waals surface area contributed by atoms with Crippen LogP contribution in [0.5, 0.6) is 5.75 Å². The van der Waals surface area contributed by atoms with Crippen LogP contribution in [0.15, 0.2) is 58.4 Å². The highest BCUT2D eigenvalue weighted by Gasteiger charge is 2.36. The van der Waals surface area contributed by atoms with Gasteiger partial charge >= 0.3 is 5.97 Å². The van der Waals surface area contributed by atoms with E-state index in [0.29, 0.717) is 18.7 Å². The minimum Gasteiger partial charge on any atom is -0.488 e. The summed E-state index contributed by atoms with van der Waals surface area (Å²) in [6.07, 6.45) is 0.474. The minimum absolute atomic E-state index is 0.454. The molecular weight excluding hydrogens is 426 g/mol. The van der Waals surface area contributed by atoms with Crippen LogP contribution < -0.4 is 4.74 Å². The number of benzene rings is 2. The molecule has 1 heterocycles. The third-order valence-corrected chi connectivity index (χ3v) is 6.03. The van der Waals surface area contributed by atoms with Crippen LogP contribution >= 0.6 is 27.3 Å². The van der Waals surface area contributed by atoms with Crippen LogP contribution in [0.1, 0.15) is 31.5 Å². The number of ether oxygens (including phenoxy) is 1. The highest BCUT2D eigenvalue weighted by atomic mass is 79.9. The topological polar surface area (TPSA) is 59.4 Å². The molecule has 27 heavy (non-hydrogen) atoms. The lowest BCUT2D eigenvalue weighted by atomic mass is 9.85.